The van der Waals surface area contributed by atoms with Gasteiger partial charge in [0.1, 0.15) is 5.54 Å². The summed E-state index contributed by atoms with van der Waals surface area (Å²) in [4.78, 5) is 29.5. The average Bonchev–Trinajstić information content (AvgIpc) is 3.35. The van der Waals surface area contributed by atoms with Crippen LogP contribution in [0.4, 0.5) is 0 Å². The molecule has 0 spiro atoms. The maximum atomic E-state index is 13.2. The summed E-state index contributed by atoms with van der Waals surface area (Å²) in [6.07, 6.45) is 13.1. The minimum atomic E-state index is -0.880. The molecule has 0 radical (unpaired) electrons. The maximum absolute atomic E-state index is 13.2. The topological polar surface area (TPSA) is 97.1 Å². The molecule has 5 fully saturated rings. The van der Waals surface area contributed by atoms with Gasteiger partial charge in [-0.15, -0.1) is 0 Å². The zero-order valence-electron chi connectivity index (χ0n) is 22.7. The van der Waals surface area contributed by atoms with Gasteiger partial charge in [-0.05, 0) is 61.6 Å². The van der Waals surface area contributed by atoms with Gasteiger partial charge in [0.2, 0.25) is 5.91 Å². The first kappa shape index (κ1) is 26.2. The number of hydrogen-bond donors (Lipinski definition) is 2. The second-order valence-electron chi connectivity index (χ2n) is 12.4. The van der Waals surface area contributed by atoms with Crippen LogP contribution in [-0.2, 0) is 14.3 Å². The van der Waals surface area contributed by atoms with Crippen LogP contribution in [-0.4, -0.2) is 84.9 Å². The number of nitrogens with zero attached hydrogens (tertiary/aromatic N) is 2. The molecule has 208 valence electrons. The van der Waals surface area contributed by atoms with E-state index in [0.29, 0.717) is 50.8 Å². The molecule has 0 aromatic heterocycles. The number of piperazine rings is 1. The van der Waals surface area contributed by atoms with Crippen molar-refractivity contribution in [2.45, 2.75) is 87.3 Å². The molecule has 3 unspecified atom stereocenters. The van der Waals surface area contributed by atoms with E-state index in [1.54, 1.807) is 4.90 Å². The third kappa shape index (κ3) is 4.89. The lowest BCUT2D eigenvalue weighted by atomic mass is 9.63. The van der Waals surface area contributed by atoms with E-state index in [1.165, 1.54) is 50.5 Å². The minimum absolute atomic E-state index is 0.0404. The molecule has 8 heteroatoms. The number of benzene rings is 1. The predicted molar refractivity (Wildman–Crippen MR) is 145 cm³/mol. The summed E-state index contributed by atoms with van der Waals surface area (Å²) in [5, 5.41) is 3.86. The molecule has 2 aliphatic carbocycles. The van der Waals surface area contributed by atoms with Crippen molar-refractivity contribution in [1.82, 2.24) is 15.1 Å². The van der Waals surface area contributed by atoms with Gasteiger partial charge in [0.25, 0.3) is 5.91 Å². The van der Waals surface area contributed by atoms with Crippen LogP contribution in [0.5, 0.6) is 0 Å². The summed E-state index contributed by atoms with van der Waals surface area (Å²) in [6, 6.07) is 8.36. The number of fused-ring (bicyclic) bond motifs is 1. The van der Waals surface area contributed by atoms with Gasteiger partial charge in [0.15, 0.2) is 0 Å². The number of carbonyl (C=O) groups excluding carboxylic acids is 2. The SMILES string of the molecule is NC1(C(=O)N2CCN(C(=O)c3ccc(C4CCC5OCNC5(C5CCCCCCC5)C4)cc3)CC2)COC1. The van der Waals surface area contributed by atoms with Crippen molar-refractivity contribution in [3.05, 3.63) is 35.4 Å². The van der Waals surface area contributed by atoms with Gasteiger partial charge in [-0.2, -0.15) is 0 Å². The Morgan fingerprint density at radius 3 is 2.18 bits per heavy atom. The lowest BCUT2D eigenvalue weighted by Gasteiger charge is -2.47. The first-order valence-corrected chi connectivity index (χ1v) is 14.9. The van der Waals surface area contributed by atoms with Crippen molar-refractivity contribution in [1.29, 1.82) is 0 Å². The lowest BCUT2D eigenvalue weighted by molar-refractivity contribution is -0.155. The number of amides is 2. The van der Waals surface area contributed by atoms with Crippen LogP contribution in [0.25, 0.3) is 0 Å². The highest BCUT2D eigenvalue weighted by Gasteiger charge is 2.52. The van der Waals surface area contributed by atoms with Crippen molar-refractivity contribution in [3.8, 4) is 0 Å². The second kappa shape index (κ2) is 10.9. The van der Waals surface area contributed by atoms with E-state index >= 15 is 0 Å². The molecular weight excluding hydrogens is 480 g/mol. The number of hydrogen-bond acceptors (Lipinski definition) is 6. The number of nitrogens with two attached hydrogens (primary N) is 1. The maximum Gasteiger partial charge on any atom is 0.253 e. The Morgan fingerprint density at radius 1 is 0.868 bits per heavy atom. The number of carbonyl (C=O) groups is 2. The zero-order chi connectivity index (χ0) is 26.2. The van der Waals surface area contributed by atoms with E-state index in [2.05, 4.69) is 17.4 Å². The molecule has 8 nitrogen and oxygen atoms in total. The van der Waals surface area contributed by atoms with Crippen LogP contribution in [0.2, 0.25) is 0 Å². The highest BCUT2D eigenvalue weighted by Crippen LogP contribution is 2.48. The van der Waals surface area contributed by atoms with Gasteiger partial charge < -0.3 is 25.0 Å². The number of rotatable bonds is 4. The van der Waals surface area contributed by atoms with Crippen LogP contribution in [0.15, 0.2) is 24.3 Å². The summed E-state index contributed by atoms with van der Waals surface area (Å²) in [7, 11) is 0. The van der Waals surface area contributed by atoms with Gasteiger partial charge in [-0.25, -0.2) is 0 Å². The fourth-order valence-electron chi connectivity index (χ4n) is 7.73. The van der Waals surface area contributed by atoms with Gasteiger partial charge in [0, 0.05) is 37.3 Å². The van der Waals surface area contributed by atoms with Crippen molar-refractivity contribution >= 4 is 11.8 Å². The smallest absolute Gasteiger partial charge is 0.253 e. The average molecular weight is 525 g/mol. The number of ether oxygens (including phenoxy) is 2. The van der Waals surface area contributed by atoms with E-state index < -0.39 is 5.54 Å². The van der Waals surface area contributed by atoms with Gasteiger partial charge in [0.05, 0.1) is 26.0 Å². The molecule has 3 heterocycles. The van der Waals surface area contributed by atoms with Gasteiger partial charge in [-0.1, -0.05) is 44.2 Å². The highest BCUT2D eigenvalue weighted by atomic mass is 16.5. The summed E-state index contributed by atoms with van der Waals surface area (Å²) in [5.74, 6) is 1.16. The fourth-order valence-corrected chi connectivity index (χ4v) is 7.73. The highest BCUT2D eigenvalue weighted by molar-refractivity contribution is 5.94. The summed E-state index contributed by atoms with van der Waals surface area (Å²) in [6.45, 7) is 3.34. The summed E-state index contributed by atoms with van der Waals surface area (Å²) in [5.41, 5.74) is 7.40. The Bertz CT molecular complexity index is 996. The molecule has 6 rings (SSSR count). The fraction of sp³-hybridized carbons (Fsp3) is 0.733. The molecule has 38 heavy (non-hydrogen) atoms. The molecule has 3 saturated heterocycles. The van der Waals surface area contributed by atoms with Crippen molar-refractivity contribution in [3.63, 3.8) is 0 Å². The van der Waals surface area contributed by atoms with Crippen LogP contribution < -0.4 is 11.1 Å². The minimum Gasteiger partial charge on any atom is -0.376 e. The second-order valence-corrected chi connectivity index (χ2v) is 12.4. The van der Waals surface area contributed by atoms with Crippen molar-refractivity contribution in [2.24, 2.45) is 11.7 Å². The monoisotopic (exact) mass is 524 g/mol. The summed E-state index contributed by atoms with van der Waals surface area (Å²) < 4.78 is 11.4. The quantitative estimate of drug-likeness (QED) is 0.629. The van der Waals surface area contributed by atoms with E-state index in [0.717, 1.165) is 24.8 Å². The normalized spacial score (nSPS) is 32.1. The lowest BCUT2D eigenvalue weighted by Crippen LogP contribution is -2.68. The largest absolute Gasteiger partial charge is 0.376 e. The van der Waals surface area contributed by atoms with Crippen LogP contribution >= 0.6 is 0 Å². The third-order valence-corrected chi connectivity index (χ3v) is 10.1. The van der Waals surface area contributed by atoms with Crippen LogP contribution in [0.3, 0.4) is 0 Å². The standard InChI is InChI=1S/C30H44N4O4/c31-29(19-37-20-29)28(36)34-16-14-33(15-17-34)27(35)23-10-8-22(9-11-23)24-12-13-26-30(18-24,32-21-38-26)25-6-4-2-1-3-5-7-25/h8-11,24-26,32H,1-7,12-21,31H2. The van der Waals surface area contributed by atoms with Crippen LogP contribution in [0, 0.1) is 5.92 Å². The molecular formula is C30H44N4O4. The molecule has 0 bridgehead atoms. The predicted octanol–water partition coefficient (Wildman–Crippen LogP) is 3.01. The molecule has 5 aliphatic rings. The first-order chi connectivity index (χ1) is 18.5. The molecule has 3 aliphatic heterocycles. The Balaban J connectivity index is 1.08. The van der Waals surface area contributed by atoms with E-state index in [4.69, 9.17) is 15.2 Å². The Labute approximate surface area is 226 Å². The van der Waals surface area contributed by atoms with Crippen molar-refractivity contribution in [2.75, 3.05) is 46.1 Å². The number of nitrogens with one attached hydrogen (secondary N) is 1. The third-order valence-electron chi connectivity index (χ3n) is 10.1. The van der Waals surface area contributed by atoms with E-state index in [-0.39, 0.29) is 30.6 Å². The molecule has 3 N–H and O–H groups in total. The molecule has 2 saturated carbocycles. The Kier molecular flexibility index (Phi) is 7.51. The van der Waals surface area contributed by atoms with Gasteiger partial charge in [-0.3, -0.25) is 14.9 Å². The Morgan fingerprint density at radius 2 is 1.53 bits per heavy atom. The molecule has 1 aromatic rings. The molecule has 3 atom stereocenters. The van der Waals surface area contributed by atoms with Gasteiger partial charge >= 0.3 is 0 Å². The zero-order valence-corrected chi connectivity index (χ0v) is 22.7. The van der Waals surface area contributed by atoms with Crippen LogP contribution in [0.1, 0.15) is 86.0 Å². The van der Waals surface area contributed by atoms with Crippen molar-refractivity contribution < 1.29 is 19.1 Å². The summed E-state index contributed by atoms with van der Waals surface area (Å²) >= 11 is 0. The molecule has 1 aromatic carbocycles. The van der Waals surface area contributed by atoms with E-state index in [1.807, 2.05) is 17.0 Å². The first-order valence-electron chi connectivity index (χ1n) is 14.9. The van der Waals surface area contributed by atoms with E-state index in [9.17, 15) is 9.59 Å². The Hall–Kier alpha value is -2.00. The molecule has 2 amide bonds.